The van der Waals surface area contributed by atoms with Crippen LogP contribution >= 0.6 is 23.2 Å². The van der Waals surface area contributed by atoms with Crippen LogP contribution in [0.15, 0.2) is 12.3 Å². The third kappa shape index (κ3) is 3.13. The first-order valence-electron chi connectivity index (χ1n) is 7.10. The molecule has 1 fully saturated rings. The second kappa shape index (κ2) is 6.63. The van der Waals surface area contributed by atoms with Gasteiger partial charge in [-0.05, 0) is 17.7 Å². The fourth-order valence-electron chi connectivity index (χ4n) is 2.75. The predicted molar refractivity (Wildman–Crippen MR) is 88.3 cm³/mol. The van der Waals surface area contributed by atoms with Gasteiger partial charge in [-0.2, -0.15) is 10.2 Å². The van der Waals surface area contributed by atoms with E-state index in [4.69, 9.17) is 28.5 Å². The minimum Gasteiger partial charge on any atom is -0.465 e. The van der Waals surface area contributed by atoms with Crippen molar-refractivity contribution in [2.75, 3.05) is 24.5 Å². The molecule has 1 N–H and O–H groups in total. The van der Waals surface area contributed by atoms with E-state index in [1.54, 1.807) is 6.07 Å². The van der Waals surface area contributed by atoms with Gasteiger partial charge in [0, 0.05) is 25.8 Å². The maximum atomic E-state index is 11.3. The van der Waals surface area contributed by atoms with Crippen LogP contribution in [-0.2, 0) is 0 Å². The van der Waals surface area contributed by atoms with Crippen LogP contribution in [0.1, 0.15) is 6.42 Å². The minimum absolute atomic E-state index is 0.0547. The highest BCUT2D eigenvalue weighted by Crippen LogP contribution is 2.27. The Hall–Kier alpha value is -2.37. The number of hydrogen-bond acceptors (Lipinski definition) is 6. The molecule has 0 bridgehead atoms. The molecule has 3 rings (SSSR count). The Balaban J connectivity index is 1.99. The van der Waals surface area contributed by atoms with Crippen LogP contribution in [0.5, 0.6) is 0 Å². The smallest absolute Gasteiger partial charge is 0.407 e. The van der Waals surface area contributed by atoms with Crippen molar-refractivity contribution in [2.45, 2.75) is 12.5 Å². The molecule has 8 nitrogen and oxygen atoms in total. The van der Waals surface area contributed by atoms with Crippen LogP contribution in [0.2, 0.25) is 10.3 Å². The second-order valence-electron chi connectivity index (χ2n) is 5.28. The number of nitriles is 1. The highest BCUT2D eigenvalue weighted by atomic mass is 35.5. The molecule has 124 valence electrons. The first-order chi connectivity index (χ1) is 11.5. The van der Waals surface area contributed by atoms with E-state index in [0.29, 0.717) is 35.0 Å². The molecular formula is C14H12Cl2N6O2. The number of anilines is 1. The molecule has 2 aromatic heterocycles. The highest BCUT2D eigenvalue weighted by molar-refractivity contribution is 6.31. The molecule has 0 saturated carbocycles. The third-order valence-electron chi connectivity index (χ3n) is 3.81. The van der Waals surface area contributed by atoms with E-state index in [0.717, 1.165) is 0 Å². The number of carbonyl (C=O) groups is 1. The normalized spacial score (nSPS) is 17.8. The fraction of sp³-hybridized carbons (Fsp3) is 0.357. The van der Waals surface area contributed by atoms with Gasteiger partial charge in [0.25, 0.3) is 0 Å². The van der Waals surface area contributed by atoms with Gasteiger partial charge < -0.3 is 14.9 Å². The topological polar surface area (TPSA) is 106 Å². The first kappa shape index (κ1) is 16.5. The number of fused-ring (bicyclic) bond motifs is 1. The fourth-order valence-corrected chi connectivity index (χ4v) is 3.07. The van der Waals surface area contributed by atoms with Crippen molar-refractivity contribution >= 4 is 46.1 Å². The minimum atomic E-state index is -1.04. The van der Waals surface area contributed by atoms with Gasteiger partial charge in [0.2, 0.25) is 5.28 Å². The molecule has 2 aromatic rings. The number of hydrogen-bond donors (Lipinski definition) is 1. The zero-order valence-corrected chi connectivity index (χ0v) is 13.9. The largest absolute Gasteiger partial charge is 0.465 e. The zero-order chi connectivity index (χ0) is 17.3. The molecular weight excluding hydrogens is 355 g/mol. The molecule has 24 heavy (non-hydrogen) atoms. The van der Waals surface area contributed by atoms with Crippen molar-refractivity contribution in [3.63, 3.8) is 0 Å². The Labute approximate surface area is 147 Å². The Morgan fingerprint density at radius 1 is 1.42 bits per heavy atom. The molecule has 1 aliphatic rings. The lowest BCUT2D eigenvalue weighted by atomic mass is 10.1. The van der Waals surface area contributed by atoms with Crippen LogP contribution < -0.4 is 4.90 Å². The molecule has 1 amide bonds. The van der Waals surface area contributed by atoms with Gasteiger partial charge in [-0.1, -0.05) is 11.6 Å². The van der Waals surface area contributed by atoms with Crippen molar-refractivity contribution in [1.82, 2.24) is 19.9 Å². The molecule has 0 spiro atoms. The number of rotatable bonds is 2. The van der Waals surface area contributed by atoms with Crippen molar-refractivity contribution in [2.24, 2.45) is 0 Å². The molecule has 10 heteroatoms. The van der Waals surface area contributed by atoms with Crippen LogP contribution in [-0.4, -0.2) is 56.7 Å². The zero-order valence-electron chi connectivity index (χ0n) is 12.4. The van der Waals surface area contributed by atoms with Crippen LogP contribution in [0, 0.1) is 11.3 Å². The van der Waals surface area contributed by atoms with E-state index in [1.807, 2.05) is 11.0 Å². The van der Waals surface area contributed by atoms with E-state index >= 15 is 0 Å². The van der Waals surface area contributed by atoms with Gasteiger partial charge >= 0.3 is 6.09 Å². The van der Waals surface area contributed by atoms with Crippen LogP contribution in [0.4, 0.5) is 10.6 Å². The Morgan fingerprint density at radius 2 is 2.21 bits per heavy atom. The molecule has 1 atom stereocenters. The average molecular weight is 367 g/mol. The average Bonchev–Trinajstić information content (AvgIpc) is 2.53. The lowest BCUT2D eigenvalue weighted by molar-refractivity contribution is 0.119. The molecule has 0 unspecified atom stereocenters. The Bertz CT molecular complexity index is 835. The monoisotopic (exact) mass is 366 g/mol. The van der Waals surface area contributed by atoms with Crippen molar-refractivity contribution in [1.29, 1.82) is 5.26 Å². The number of aromatic nitrogens is 3. The molecule has 3 heterocycles. The van der Waals surface area contributed by atoms with E-state index in [1.165, 1.54) is 11.1 Å². The van der Waals surface area contributed by atoms with Crippen LogP contribution in [0.25, 0.3) is 11.0 Å². The molecule has 0 aliphatic carbocycles. The summed E-state index contributed by atoms with van der Waals surface area (Å²) >= 11 is 11.9. The van der Waals surface area contributed by atoms with E-state index in [9.17, 15) is 9.90 Å². The predicted octanol–water partition coefficient (Wildman–Crippen LogP) is 2.41. The highest BCUT2D eigenvalue weighted by Gasteiger charge is 2.31. The van der Waals surface area contributed by atoms with Crippen molar-refractivity contribution in [3.05, 3.63) is 22.6 Å². The standard InChI is InChI=1S/C14H12Cl2N6O2/c15-8-5-10-11(18-6-8)12(20-13(16)19-10)21-3-4-22(14(23)24)9(7-21)1-2-17/h5-6,9H,1,3-4,7H2,(H,23,24)/t9-/m0/s1. The van der Waals surface area contributed by atoms with Gasteiger partial charge in [0.15, 0.2) is 5.82 Å². The molecule has 1 aliphatic heterocycles. The van der Waals surface area contributed by atoms with Crippen molar-refractivity contribution in [3.8, 4) is 6.07 Å². The van der Waals surface area contributed by atoms with E-state index < -0.39 is 12.1 Å². The third-order valence-corrected chi connectivity index (χ3v) is 4.19. The van der Waals surface area contributed by atoms with Gasteiger partial charge in [-0.3, -0.25) is 0 Å². The quantitative estimate of drug-likeness (QED) is 0.813. The Morgan fingerprint density at radius 3 is 2.92 bits per heavy atom. The SMILES string of the molecule is N#CC[C@H]1CN(c2nc(Cl)nc3cc(Cl)cnc23)CCN1C(=O)O. The summed E-state index contributed by atoms with van der Waals surface area (Å²) < 4.78 is 0. The maximum Gasteiger partial charge on any atom is 0.407 e. The van der Waals surface area contributed by atoms with Crippen LogP contribution in [0.3, 0.4) is 0 Å². The Kier molecular flexibility index (Phi) is 4.55. The number of halogens is 2. The summed E-state index contributed by atoms with van der Waals surface area (Å²) in [4.78, 5) is 27.1. The van der Waals surface area contributed by atoms with E-state index in [-0.39, 0.29) is 18.2 Å². The number of amides is 1. The maximum absolute atomic E-state index is 11.3. The molecule has 1 saturated heterocycles. The molecule has 0 aromatic carbocycles. The summed E-state index contributed by atoms with van der Waals surface area (Å²) in [5.41, 5.74) is 1.04. The number of piperazine rings is 1. The number of pyridine rings is 1. The summed E-state index contributed by atoms with van der Waals surface area (Å²) in [6.07, 6.45) is 0.550. The van der Waals surface area contributed by atoms with E-state index in [2.05, 4.69) is 15.0 Å². The summed E-state index contributed by atoms with van der Waals surface area (Å²) in [6, 6.07) is 3.22. The number of nitrogens with zero attached hydrogens (tertiary/aromatic N) is 6. The van der Waals surface area contributed by atoms with Gasteiger partial charge in [0.1, 0.15) is 5.52 Å². The summed E-state index contributed by atoms with van der Waals surface area (Å²) in [5, 5.41) is 18.7. The first-order valence-corrected chi connectivity index (χ1v) is 7.85. The number of carboxylic acid groups (broad SMARTS) is 1. The summed E-state index contributed by atoms with van der Waals surface area (Å²) in [5.74, 6) is 0.509. The lowest BCUT2D eigenvalue weighted by Gasteiger charge is -2.39. The summed E-state index contributed by atoms with van der Waals surface area (Å²) in [6.45, 7) is 1.01. The summed E-state index contributed by atoms with van der Waals surface area (Å²) in [7, 11) is 0. The molecule has 0 radical (unpaired) electrons. The van der Waals surface area contributed by atoms with Gasteiger partial charge in [-0.15, -0.1) is 0 Å². The van der Waals surface area contributed by atoms with Gasteiger partial charge in [-0.25, -0.2) is 14.8 Å². The lowest BCUT2D eigenvalue weighted by Crippen LogP contribution is -2.55. The van der Waals surface area contributed by atoms with Gasteiger partial charge in [0.05, 0.1) is 29.1 Å². The second-order valence-corrected chi connectivity index (χ2v) is 6.05. The van der Waals surface area contributed by atoms with Crippen molar-refractivity contribution < 1.29 is 9.90 Å².